The number of carbonyl (C=O) groups excluding carboxylic acids is 1. The van der Waals surface area contributed by atoms with Gasteiger partial charge in [-0.2, -0.15) is 0 Å². The maximum Gasteiger partial charge on any atom is 0.241 e. The number of nitrogens with two attached hydrogens (primary N) is 1. The van der Waals surface area contributed by atoms with Crippen LogP contribution in [0.4, 0.5) is 0 Å². The quantitative estimate of drug-likeness (QED) is 0.703. The van der Waals surface area contributed by atoms with E-state index in [1.54, 1.807) is 0 Å². The monoisotopic (exact) mass is 422 g/mol. The van der Waals surface area contributed by atoms with Gasteiger partial charge in [-0.3, -0.25) is 4.79 Å². The van der Waals surface area contributed by atoms with Gasteiger partial charge in [0.1, 0.15) is 0 Å². The molecule has 0 radical (unpaired) electrons. The summed E-state index contributed by atoms with van der Waals surface area (Å²) in [6.45, 7) is 4.20. The predicted octanol–water partition coefficient (Wildman–Crippen LogP) is 3.48. The van der Waals surface area contributed by atoms with Crippen molar-refractivity contribution >= 4 is 39.8 Å². The number of hydrogen-bond acceptors (Lipinski definition) is 4. The van der Waals surface area contributed by atoms with E-state index in [1.807, 2.05) is 13.8 Å². The third-order valence-corrected chi connectivity index (χ3v) is 8.24. The topological polar surface area (TPSA) is 89.3 Å². The van der Waals surface area contributed by atoms with Gasteiger partial charge in [0.05, 0.1) is 4.90 Å². The van der Waals surface area contributed by atoms with Gasteiger partial charge in [-0.05, 0) is 49.9 Å². The summed E-state index contributed by atoms with van der Waals surface area (Å²) in [6.07, 6.45) is 3.52. The number of amides is 1. The summed E-state index contributed by atoms with van der Waals surface area (Å²) < 4.78 is 25.1. The highest BCUT2D eigenvalue weighted by Gasteiger charge is 2.53. The molecule has 0 aromatic heterocycles. The lowest BCUT2D eigenvalue weighted by Gasteiger charge is -2.31. The van der Waals surface area contributed by atoms with Crippen LogP contribution < -0.4 is 11.1 Å². The Labute approximate surface area is 167 Å². The second-order valence-corrected chi connectivity index (χ2v) is 9.61. The van der Waals surface area contributed by atoms with Crippen LogP contribution in [-0.2, 0) is 14.6 Å². The minimum atomic E-state index is -3.81. The third kappa shape index (κ3) is 4.35. The Morgan fingerprint density at radius 3 is 2.15 bits per heavy atom. The maximum absolute atomic E-state index is 13.2. The molecule has 2 rings (SSSR count). The minimum Gasteiger partial charge on any atom is -0.353 e. The normalized spacial score (nSPS) is 16.8. The summed E-state index contributed by atoms with van der Waals surface area (Å²) in [4.78, 5) is 13.1. The van der Waals surface area contributed by atoms with Gasteiger partial charge in [0.15, 0.2) is 14.6 Å². The van der Waals surface area contributed by atoms with Crippen molar-refractivity contribution in [2.45, 2.75) is 67.6 Å². The standard InChI is InChI=1S/C18H27ClN2O3S.ClH/c1-3-17(20,4-2)13-21-16(22)18(11-5-6-12-18)25(23,24)15-9-7-14(19)8-10-15;/h7-10H,3-6,11-13,20H2,1-2H3,(H,21,22);1H. The molecular formula is C18H28Cl2N2O3S. The van der Waals surface area contributed by atoms with Crippen molar-refractivity contribution in [1.82, 2.24) is 5.32 Å². The van der Waals surface area contributed by atoms with Crippen LogP contribution in [-0.4, -0.2) is 31.2 Å². The number of hydrogen-bond donors (Lipinski definition) is 2. The first-order chi connectivity index (χ1) is 11.7. The molecule has 1 aliphatic rings. The summed E-state index contributed by atoms with van der Waals surface area (Å²) in [5, 5.41) is 3.29. The number of nitrogens with one attached hydrogen (secondary N) is 1. The lowest BCUT2D eigenvalue weighted by molar-refractivity contribution is -0.123. The number of sulfone groups is 1. The summed E-state index contributed by atoms with van der Waals surface area (Å²) in [5.41, 5.74) is 5.73. The fourth-order valence-corrected chi connectivity index (χ4v) is 5.53. The highest BCUT2D eigenvalue weighted by Crippen LogP contribution is 2.41. The summed E-state index contributed by atoms with van der Waals surface area (Å²) >= 11 is 5.86. The van der Waals surface area contributed by atoms with Gasteiger partial charge < -0.3 is 11.1 Å². The molecule has 0 heterocycles. The number of rotatable bonds is 7. The van der Waals surface area contributed by atoms with Crippen molar-refractivity contribution in [2.24, 2.45) is 5.73 Å². The van der Waals surface area contributed by atoms with Crippen molar-refractivity contribution in [1.29, 1.82) is 0 Å². The van der Waals surface area contributed by atoms with E-state index in [1.165, 1.54) is 24.3 Å². The van der Waals surface area contributed by atoms with Gasteiger partial charge in [-0.15, -0.1) is 12.4 Å². The SMILES string of the molecule is CCC(N)(CC)CNC(=O)C1(S(=O)(=O)c2ccc(Cl)cc2)CCCC1.Cl. The first-order valence-corrected chi connectivity index (χ1v) is 10.6. The van der Waals surface area contributed by atoms with E-state index >= 15 is 0 Å². The molecule has 1 saturated carbocycles. The highest BCUT2D eigenvalue weighted by molar-refractivity contribution is 7.93. The fraction of sp³-hybridized carbons (Fsp3) is 0.611. The Balaban J connectivity index is 0.00000338. The largest absolute Gasteiger partial charge is 0.353 e. The van der Waals surface area contributed by atoms with Crippen molar-refractivity contribution < 1.29 is 13.2 Å². The van der Waals surface area contributed by atoms with Crippen molar-refractivity contribution in [2.75, 3.05) is 6.54 Å². The molecule has 8 heteroatoms. The molecule has 5 nitrogen and oxygen atoms in total. The van der Waals surface area contributed by atoms with Crippen LogP contribution in [0.1, 0.15) is 52.4 Å². The zero-order valence-electron chi connectivity index (χ0n) is 15.3. The Hall–Kier alpha value is -0.820. The van der Waals surface area contributed by atoms with Crippen LogP contribution in [0.5, 0.6) is 0 Å². The van der Waals surface area contributed by atoms with E-state index in [4.69, 9.17) is 17.3 Å². The average Bonchev–Trinajstić information content (AvgIpc) is 3.11. The van der Waals surface area contributed by atoms with Gasteiger partial charge >= 0.3 is 0 Å². The predicted molar refractivity (Wildman–Crippen MR) is 108 cm³/mol. The van der Waals surface area contributed by atoms with E-state index in [-0.39, 0.29) is 23.8 Å². The molecular weight excluding hydrogens is 395 g/mol. The summed E-state index contributed by atoms with van der Waals surface area (Å²) in [5.74, 6) is -0.434. The van der Waals surface area contributed by atoms with Crippen molar-refractivity contribution in [3.8, 4) is 0 Å². The van der Waals surface area contributed by atoms with Gasteiger partial charge in [0.2, 0.25) is 5.91 Å². The van der Waals surface area contributed by atoms with Crippen LogP contribution in [0.15, 0.2) is 29.2 Å². The average molecular weight is 423 g/mol. The maximum atomic E-state index is 13.2. The van der Waals surface area contributed by atoms with E-state index in [9.17, 15) is 13.2 Å². The molecule has 26 heavy (non-hydrogen) atoms. The van der Waals surface area contributed by atoms with Crippen molar-refractivity contribution in [3.05, 3.63) is 29.3 Å². The van der Waals surface area contributed by atoms with Crippen LogP contribution >= 0.6 is 24.0 Å². The van der Waals surface area contributed by atoms with Crippen LogP contribution in [0.2, 0.25) is 5.02 Å². The van der Waals surface area contributed by atoms with Gasteiger partial charge in [-0.25, -0.2) is 8.42 Å². The Kier molecular flexibility index (Phi) is 7.96. The molecule has 0 unspecified atom stereocenters. The molecule has 1 aromatic carbocycles. The third-order valence-electron chi connectivity index (χ3n) is 5.47. The van der Waals surface area contributed by atoms with Gasteiger partial charge in [0, 0.05) is 17.1 Å². The molecule has 0 spiro atoms. The van der Waals surface area contributed by atoms with Crippen molar-refractivity contribution in [3.63, 3.8) is 0 Å². The van der Waals surface area contributed by atoms with Crippen LogP contribution in [0.3, 0.4) is 0 Å². The summed E-state index contributed by atoms with van der Waals surface area (Å²) in [6, 6.07) is 6.01. The molecule has 1 fully saturated rings. The fourth-order valence-electron chi connectivity index (χ4n) is 3.32. The van der Waals surface area contributed by atoms with Crippen LogP contribution in [0, 0.1) is 0 Å². The van der Waals surface area contributed by atoms with E-state index in [0.29, 0.717) is 30.7 Å². The Morgan fingerprint density at radius 1 is 1.19 bits per heavy atom. The molecule has 1 aromatic rings. The zero-order valence-corrected chi connectivity index (χ0v) is 17.6. The van der Waals surface area contributed by atoms with E-state index in [2.05, 4.69) is 5.32 Å². The summed E-state index contributed by atoms with van der Waals surface area (Å²) in [7, 11) is -3.81. The molecule has 3 N–H and O–H groups in total. The molecule has 0 bridgehead atoms. The Bertz CT molecular complexity index is 710. The highest BCUT2D eigenvalue weighted by atomic mass is 35.5. The van der Waals surface area contributed by atoms with Gasteiger partial charge in [0.25, 0.3) is 0 Å². The molecule has 1 aliphatic carbocycles. The number of carbonyl (C=O) groups is 1. The number of benzene rings is 1. The lowest BCUT2D eigenvalue weighted by atomic mass is 9.94. The molecule has 0 aliphatic heterocycles. The molecule has 1 amide bonds. The van der Waals surface area contributed by atoms with Gasteiger partial charge in [-0.1, -0.05) is 38.3 Å². The lowest BCUT2D eigenvalue weighted by Crippen LogP contribution is -2.56. The van der Waals surface area contributed by atoms with Crippen LogP contribution in [0.25, 0.3) is 0 Å². The second kappa shape index (κ2) is 8.91. The minimum absolute atomic E-state index is 0. The molecule has 148 valence electrons. The van der Waals surface area contributed by atoms with E-state index in [0.717, 1.165) is 12.8 Å². The first-order valence-electron chi connectivity index (χ1n) is 8.78. The Morgan fingerprint density at radius 2 is 1.69 bits per heavy atom. The number of halogens is 2. The smallest absolute Gasteiger partial charge is 0.241 e. The first kappa shape index (κ1) is 23.2. The zero-order chi connectivity index (χ0) is 18.7. The second-order valence-electron chi connectivity index (χ2n) is 6.91. The molecule has 0 atom stereocenters. The molecule has 0 saturated heterocycles. The van der Waals surface area contributed by atoms with E-state index < -0.39 is 26.0 Å².